The molecule has 6 heteroatoms. The molecule has 0 aliphatic heterocycles. The lowest BCUT2D eigenvalue weighted by molar-refractivity contribution is 1.36. The molecule has 0 atom stereocenters. The molecule has 0 aliphatic carbocycles. The van der Waals surface area contributed by atoms with Crippen molar-refractivity contribution in [2.24, 2.45) is 0 Å². The highest BCUT2D eigenvalue weighted by Gasteiger charge is 2.16. The lowest BCUT2D eigenvalue weighted by atomic mass is 10.0. The van der Waals surface area contributed by atoms with Gasteiger partial charge in [-0.05, 0) is 0 Å². The number of nitriles is 5. The zero-order chi connectivity index (χ0) is 12.6. The van der Waals surface area contributed by atoms with E-state index in [2.05, 4.69) is 4.85 Å². The van der Waals surface area contributed by atoms with Gasteiger partial charge < -0.3 is 0 Å². The van der Waals surface area contributed by atoms with Gasteiger partial charge in [0.2, 0.25) is 0 Å². The SMILES string of the molecule is [C-]#[N+]/C(C#N)=C(\C#N)C(C#N)=C(C#N)C#N. The molecule has 70 valence electrons. The molecule has 0 aromatic carbocycles. The van der Waals surface area contributed by atoms with E-state index in [0.717, 1.165) is 0 Å². The fraction of sp³-hybridized carbons (Fsp3) is 0. The van der Waals surface area contributed by atoms with Crippen molar-refractivity contribution in [1.82, 2.24) is 0 Å². The van der Waals surface area contributed by atoms with Crippen LogP contribution in [0.25, 0.3) is 4.85 Å². The molecule has 0 aromatic heterocycles. The highest BCUT2D eigenvalue weighted by Crippen LogP contribution is 2.17. The Bertz CT molecular complexity index is 532. The van der Waals surface area contributed by atoms with Crippen molar-refractivity contribution in [3.63, 3.8) is 0 Å². The Morgan fingerprint density at radius 2 is 1.25 bits per heavy atom. The molecule has 0 spiro atoms. The van der Waals surface area contributed by atoms with Gasteiger partial charge in [-0.15, -0.1) is 0 Å². The standard InChI is InChI=1S/C10N6/c1-16-10(6-15)9(5-14)8(4-13)7(2-11)3-12/b10-9+. The van der Waals surface area contributed by atoms with E-state index >= 15 is 0 Å². The van der Waals surface area contributed by atoms with Crippen LogP contribution in [0.2, 0.25) is 0 Å². The molecule has 0 saturated heterocycles. The summed E-state index contributed by atoms with van der Waals surface area (Å²) < 4.78 is 0. The molecule has 0 aliphatic rings. The molecule has 0 rings (SSSR count). The lowest BCUT2D eigenvalue weighted by Gasteiger charge is -1.94. The van der Waals surface area contributed by atoms with Crippen molar-refractivity contribution in [3.8, 4) is 30.3 Å². The van der Waals surface area contributed by atoms with Gasteiger partial charge in [0.25, 0.3) is 5.70 Å². The number of rotatable bonds is 1. The zero-order valence-electron chi connectivity index (χ0n) is 7.68. The van der Waals surface area contributed by atoms with E-state index in [1.54, 1.807) is 0 Å². The van der Waals surface area contributed by atoms with Crippen LogP contribution in [0.1, 0.15) is 0 Å². The van der Waals surface area contributed by atoms with Crippen LogP contribution < -0.4 is 0 Å². The number of nitrogens with zero attached hydrogens (tertiary/aromatic N) is 6. The summed E-state index contributed by atoms with van der Waals surface area (Å²) in [6.07, 6.45) is 0. The second-order valence-electron chi connectivity index (χ2n) is 2.14. The maximum absolute atomic E-state index is 8.69. The highest BCUT2D eigenvalue weighted by atomic mass is 14.7. The van der Waals surface area contributed by atoms with Gasteiger partial charge in [-0.1, -0.05) is 0 Å². The van der Waals surface area contributed by atoms with E-state index in [9.17, 15) is 0 Å². The first-order valence-electron chi connectivity index (χ1n) is 3.57. The zero-order valence-corrected chi connectivity index (χ0v) is 7.68. The Morgan fingerprint density at radius 1 is 0.750 bits per heavy atom. The third-order valence-electron chi connectivity index (χ3n) is 1.40. The average molecular weight is 204 g/mol. The molecule has 0 heterocycles. The fourth-order valence-corrected chi connectivity index (χ4v) is 0.738. The van der Waals surface area contributed by atoms with Gasteiger partial charge in [-0.2, -0.15) is 21.0 Å². The van der Waals surface area contributed by atoms with E-state index in [1.165, 1.54) is 30.3 Å². The van der Waals surface area contributed by atoms with Crippen LogP contribution in [0.4, 0.5) is 0 Å². The molecular formula is C10N6. The minimum Gasteiger partial charge on any atom is -0.225 e. The predicted octanol–water partition coefficient (Wildman–Crippen LogP) is 1.07. The Kier molecular flexibility index (Phi) is 4.63. The fourth-order valence-electron chi connectivity index (χ4n) is 0.738. The van der Waals surface area contributed by atoms with Gasteiger partial charge in [-0.25, -0.2) is 10.1 Å². The molecule has 0 bridgehead atoms. The van der Waals surface area contributed by atoms with Crippen LogP contribution in [-0.2, 0) is 0 Å². The smallest absolute Gasteiger partial charge is 0.225 e. The van der Waals surface area contributed by atoms with Crippen molar-refractivity contribution in [2.45, 2.75) is 0 Å². The summed E-state index contributed by atoms with van der Waals surface area (Å²) in [7, 11) is 0. The Balaban J connectivity index is 6.31. The quantitative estimate of drug-likeness (QED) is 0.359. The molecule has 16 heavy (non-hydrogen) atoms. The first-order valence-corrected chi connectivity index (χ1v) is 3.57. The van der Waals surface area contributed by atoms with Gasteiger partial charge in [0.15, 0.2) is 0 Å². The van der Waals surface area contributed by atoms with Crippen LogP contribution in [0, 0.1) is 63.2 Å². The second kappa shape index (κ2) is 5.96. The molecule has 0 amide bonds. The van der Waals surface area contributed by atoms with Gasteiger partial charge >= 0.3 is 0 Å². The third-order valence-corrected chi connectivity index (χ3v) is 1.40. The first kappa shape index (κ1) is 12.4. The van der Waals surface area contributed by atoms with E-state index < -0.39 is 22.4 Å². The third kappa shape index (κ3) is 2.22. The predicted molar refractivity (Wildman–Crippen MR) is 48.7 cm³/mol. The van der Waals surface area contributed by atoms with Gasteiger partial charge in [0, 0.05) is 0 Å². The molecule has 0 saturated carbocycles. The molecular weight excluding hydrogens is 204 g/mol. The maximum atomic E-state index is 8.69. The van der Waals surface area contributed by atoms with Crippen LogP contribution >= 0.6 is 0 Å². The molecule has 6 nitrogen and oxygen atoms in total. The monoisotopic (exact) mass is 204 g/mol. The Hall–Kier alpha value is -3.58. The van der Waals surface area contributed by atoms with Crippen molar-refractivity contribution >= 4 is 0 Å². The van der Waals surface area contributed by atoms with Gasteiger partial charge in [0.1, 0.15) is 23.8 Å². The molecule has 0 aromatic rings. The maximum Gasteiger partial charge on any atom is 0.280 e. The van der Waals surface area contributed by atoms with Crippen LogP contribution in [0.5, 0.6) is 0 Å². The normalized spacial score (nSPS) is 8.62. The minimum atomic E-state index is -0.623. The first-order chi connectivity index (χ1) is 7.69. The summed E-state index contributed by atoms with van der Waals surface area (Å²) in [5.41, 5.74) is -2.34. The molecule has 0 radical (unpaired) electrons. The minimum absolute atomic E-state index is 0.556. The largest absolute Gasteiger partial charge is 0.280 e. The van der Waals surface area contributed by atoms with Gasteiger partial charge in [-0.3, -0.25) is 0 Å². The Labute approximate surface area is 91.2 Å². The highest BCUT2D eigenvalue weighted by molar-refractivity contribution is 5.64. The summed E-state index contributed by atoms with van der Waals surface area (Å²) >= 11 is 0. The molecule has 0 unspecified atom stereocenters. The van der Waals surface area contributed by atoms with E-state index in [-0.39, 0.29) is 0 Å². The summed E-state index contributed by atoms with van der Waals surface area (Å²) in [4.78, 5) is 2.74. The lowest BCUT2D eigenvalue weighted by Crippen LogP contribution is -1.92. The summed E-state index contributed by atoms with van der Waals surface area (Å²) in [5.74, 6) is 0. The van der Waals surface area contributed by atoms with E-state index in [0.29, 0.717) is 0 Å². The van der Waals surface area contributed by atoms with E-state index in [1.807, 2.05) is 0 Å². The van der Waals surface area contributed by atoms with Crippen molar-refractivity contribution in [3.05, 3.63) is 33.8 Å². The van der Waals surface area contributed by atoms with E-state index in [4.69, 9.17) is 32.9 Å². The molecule has 0 N–H and O–H groups in total. The van der Waals surface area contributed by atoms with Crippen LogP contribution in [0.3, 0.4) is 0 Å². The van der Waals surface area contributed by atoms with Crippen LogP contribution in [0.15, 0.2) is 22.4 Å². The average Bonchev–Trinajstić information content (AvgIpc) is 2.33. The topological polar surface area (TPSA) is 123 Å². The van der Waals surface area contributed by atoms with Crippen molar-refractivity contribution in [1.29, 1.82) is 26.3 Å². The van der Waals surface area contributed by atoms with Crippen LogP contribution in [-0.4, -0.2) is 0 Å². The van der Waals surface area contributed by atoms with Crippen molar-refractivity contribution in [2.75, 3.05) is 0 Å². The van der Waals surface area contributed by atoms with Crippen molar-refractivity contribution < 1.29 is 0 Å². The number of hydrogen-bond acceptors (Lipinski definition) is 5. The number of hydrogen-bond donors (Lipinski definition) is 0. The Morgan fingerprint density at radius 3 is 1.50 bits per heavy atom. The summed E-state index contributed by atoms with van der Waals surface area (Å²) in [6, 6.07) is 7.19. The molecule has 0 fully saturated rings. The number of allylic oxidation sites excluding steroid dienone is 4. The second-order valence-corrected chi connectivity index (χ2v) is 2.14. The van der Waals surface area contributed by atoms with Gasteiger partial charge in [0.05, 0.1) is 29.9 Å². The summed E-state index contributed by atoms with van der Waals surface area (Å²) in [5, 5.41) is 43.0. The summed E-state index contributed by atoms with van der Waals surface area (Å²) in [6.45, 7) is 6.61.